The van der Waals surface area contributed by atoms with E-state index in [0.29, 0.717) is 16.7 Å². The van der Waals surface area contributed by atoms with Crippen LogP contribution in [0.5, 0.6) is 0 Å². The SMILES string of the molecule is CC(O)C1CCC(CNC(=O)c2cncs2)CC1. The third-order valence-electron chi connectivity index (χ3n) is 3.78. The highest BCUT2D eigenvalue weighted by Gasteiger charge is 2.24. The van der Waals surface area contributed by atoms with Gasteiger partial charge in [-0.2, -0.15) is 0 Å². The maximum Gasteiger partial charge on any atom is 0.263 e. The van der Waals surface area contributed by atoms with Crippen LogP contribution >= 0.6 is 11.3 Å². The van der Waals surface area contributed by atoms with Crippen molar-refractivity contribution >= 4 is 17.2 Å². The number of carbonyl (C=O) groups excluding carboxylic acids is 1. The van der Waals surface area contributed by atoms with Gasteiger partial charge in [0.05, 0.1) is 17.8 Å². The number of rotatable bonds is 4. The van der Waals surface area contributed by atoms with Crippen molar-refractivity contribution in [2.45, 2.75) is 38.7 Å². The first-order chi connectivity index (χ1) is 8.66. The van der Waals surface area contributed by atoms with Gasteiger partial charge in [0.15, 0.2) is 0 Å². The van der Waals surface area contributed by atoms with Crippen molar-refractivity contribution in [3.8, 4) is 0 Å². The maximum absolute atomic E-state index is 11.7. The van der Waals surface area contributed by atoms with E-state index in [2.05, 4.69) is 10.3 Å². The zero-order valence-corrected chi connectivity index (χ0v) is 11.4. The molecule has 2 rings (SSSR count). The second-order valence-corrected chi connectivity index (χ2v) is 5.98. The van der Waals surface area contributed by atoms with Gasteiger partial charge in [0.1, 0.15) is 4.88 Å². The summed E-state index contributed by atoms with van der Waals surface area (Å²) in [6.07, 6.45) is 5.73. The van der Waals surface area contributed by atoms with Crippen molar-refractivity contribution in [1.82, 2.24) is 10.3 Å². The van der Waals surface area contributed by atoms with Crippen LogP contribution in [0.3, 0.4) is 0 Å². The van der Waals surface area contributed by atoms with Crippen molar-refractivity contribution < 1.29 is 9.90 Å². The van der Waals surface area contributed by atoms with Crippen LogP contribution in [0.4, 0.5) is 0 Å². The van der Waals surface area contributed by atoms with Crippen LogP contribution in [0.15, 0.2) is 11.7 Å². The highest BCUT2D eigenvalue weighted by Crippen LogP contribution is 2.30. The Labute approximate surface area is 111 Å². The summed E-state index contributed by atoms with van der Waals surface area (Å²) in [5.74, 6) is 0.977. The fraction of sp³-hybridized carbons (Fsp3) is 0.692. The van der Waals surface area contributed by atoms with Gasteiger partial charge in [0, 0.05) is 6.54 Å². The molecular formula is C13H20N2O2S. The first-order valence-corrected chi connectivity index (χ1v) is 7.39. The first kappa shape index (κ1) is 13.5. The molecular weight excluding hydrogens is 248 g/mol. The molecule has 1 saturated carbocycles. The van der Waals surface area contributed by atoms with Crippen LogP contribution in [-0.4, -0.2) is 28.6 Å². The van der Waals surface area contributed by atoms with E-state index in [-0.39, 0.29) is 12.0 Å². The highest BCUT2D eigenvalue weighted by molar-refractivity contribution is 7.11. The van der Waals surface area contributed by atoms with E-state index in [0.717, 1.165) is 32.2 Å². The number of aliphatic hydroxyl groups excluding tert-OH is 1. The van der Waals surface area contributed by atoms with Gasteiger partial charge in [-0.05, 0) is 44.4 Å². The van der Waals surface area contributed by atoms with Gasteiger partial charge in [-0.3, -0.25) is 9.78 Å². The average molecular weight is 268 g/mol. The lowest BCUT2D eigenvalue weighted by Crippen LogP contribution is -2.32. The van der Waals surface area contributed by atoms with Gasteiger partial charge in [-0.15, -0.1) is 11.3 Å². The van der Waals surface area contributed by atoms with Crippen LogP contribution < -0.4 is 5.32 Å². The molecule has 0 saturated heterocycles. The van der Waals surface area contributed by atoms with Crippen LogP contribution in [0.25, 0.3) is 0 Å². The van der Waals surface area contributed by atoms with Crippen LogP contribution in [0.2, 0.25) is 0 Å². The normalized spacial score (nSPS) is 25.7. The summed E-state index contributed by atoms with van der Waals surface area (Å²) in [5.41, 5.74) is 1.67. The molecule has 1 aliphatic rings. The predicted octanol–water partition coefficient (Wildman–Crippen LogP) is 2.06. The Kier molecular flexibility index (Phi) is 4.72. The molecule has 0 bridgehead atoms. The van der Waals surface area contributed by atoms with E-state index in [9.17, 15) is 9.90 Å². The zero-order chi connectivity index (χ0) is 13.0. The molecule has 1 heterocycles. The Balaban J connectivity index is 1.71. The Morgan fingerprint density at radius 3 is 2.83 bits per heavy atom. The molecule has 100 valence electrons. The summed E-state index contributed by atoms with van der Waals surface area (Å²) in [4.78, 5) is 16.3. The van der Waals surface area contributed by atoms with Crippen molar-refractivity contribution in [2.24, 2.45) is 11.8 Å². The molecule has 1 fully saturated rings. The smallest absolute Gasteiger partial charge is 0.263 e. The summed E-state index contributed by atoms with van der Waals surface area (Å²) in [6, 6.07) is 0. The lowest BCUT2D eigenvalue weighted by molar-refractivity contribution is 0.0841. The molecule has 0 aromatic carbocycles. The molecule has 1 aromatic rings. The minimum atomic E-state index is -0.197. The van der Waals surface area contributed by atoms with E-state index in [1.165, 1.54) is 11.3 Å². The van der Waals surface area contributed by atoms with Gasteiger partial charge in [-0.1, -0.05) is 0 Å². The summed E-state index contributed by atoms with van der Waals surface area (Å²) in [5, 5.41) is 12.5. The van der Waals surface area contributed by atoms with E-state index in [1.807, 2.05) is 6.92 Å². The molecule has 1 aromatic heterocycles. The summed E-state index contributed by atoms with van der Waals surface area (Å²) in [7, 11) is 0. The largest absolute Gasteiger partial charge is 0.393 e. The first-order valence-electron chi connectivity index (χ1n) is 6.51. The molecule has 5 heteroatoms. The fourth-order valence-corrected chi connectivity index (χ4v) is 3.06. The summed E-state index contributed by atoms with van der Waals surface area (Å²) < 4.78 is 0. The Morgan fingerprint density at radius 2 is 2.28 bits per heavy atom. The lowest BCUT2D eigenvalue weighted by atomic mass is 9.80. The third-order valence-corrected chi connectivity index (χ3v) is 4.55. The van der Waals surface area contributed by atoms with E-state index >= 15 is 0 Å². The van der Waals surface area contributed by atoms with Gasteiger partial charge in [-0.25, -0.2) is 0 Å². The molecule has 0 radical (unpaired) electrons. The zero-order valence-electron chi connectivity index (χ0n) is 10.6. The topological polar surface area (TPSA) is 62.2 Å². The molecule has 0 spiro atoms. The number of thiazole rings is 1. The van der Waals surface area contributed by atoms with Crippen molar-refractivity contribution in [1.29, 1.82) is 0 Å². The molecule has 1 unspecified atom stereocenters. The Bertz CT molecular complexity index is 370. The van der Waals surface area contributed by atoms with Gasteiger partial charge < -0.3 is 10.4 Å². The van der Waals surface area contributed by atoms with E-state index < -0.39 is 0 Å². The second-order valence-electron chi connectivity index (χ2n) is 5.10. The quantitative estimate of drug-likeness (QED) is 0.878. The minimum Gasteiger partial charge on any atom is -0.393 e. The summed E-state index contributed by atoms with van der Waals surface area (Å²) in [6.45, 7) is 2.61. The molecule has 18 heavy (non-hydrogen) atoms. The van der Waals surface area contributed by atoms with Gasteiger partial charge >= 0.3 is 0 Å². The van der Waals surface area contributed by atoms with Crippen molar-refractivity contribution in [3.05, 3.63) is 16.6 Å². The molecule has 1 atom stereocenters. The van der Waals surface area contributed by atoms with Crippen LogP contribution in [-0.2, 0) is 0 Å². The number of nitrogens with zero attached hydrogens (tertiary/aromatic N) is 1. The van der Waals surface area contributed by atoms with Gasteiger partial charge in [0.25, 0.3) is 5.91 Å². The predicted molar refractivity (Wildman–Crippen MR) is 71.6 cm³/mol. The number of aliphatic hydroxyl groups is 1. The second kappa shape index (κ2) is 6.29. The summed E-state index contributed by atoms with van der Waals surface area (Å²) >= 11 is 1.37. The monoisotopic (exact) mass is 268 g/mol. The highest BCUT2D eigenvalue weighted by atomic mass is 32.1. The number of hydrogen-bond donors (Lipinski definition) is 2. The number of nitrogens with one attached hydrogen (secondary N) is 1. The Hall–Kier alpha value is -0.940. The number of amides is 1. The maximum atomic E-state index is 11.7. The van der Waals surface area contributed by atoms with E-state index in [4.69, 9.17) is 0 Å². The minimum absolute atomic E-state index is 0.0184. The molecule has 0 aliphatic heterocycles. The average Bonchev–Trinajstić information content (AvgIpc) is 2.90. The Morgan fingerprint density at radius 1 is 1.56 bits per heavy atom. The molecule has 2 N–H and O–H groups in total. The number of carbonyl (C=O) groups is 1. The molecule has 1 amide bonds. The lowest BCUT2D eigenvalue weighted by Gasteiger charge is -2.30. The van der Waals surface area contributed by atoms with Gasteiger partial charge in [0.2, 0.25) is 0 Å². The van der Waals surface area contributed by atoms with Crippen LogP contribution in [0.1, 0.15) is 42.3 Å². The fourth-order valence-electron chi connectivity index (χ4n) is 2.53. The number of aromatic nitrogens is 1. The molecule has 1 aliphatic carbocycles. The van der Waals surface area contributed by atoms with Crippen molar-refractivity contribution in [2.75, 3.05) is 6.54 Å². The molecule has 4 nitrogen and oxygen atoms in total. The third kappa shape index (κ3) is 3.53. The standard InChI is InChI=1S/C13H20N2O2S/c1-9(16)11-4-2-10(3-5-11)6-15-13(17)12-7-14-8-18-12/h7-11,16H,2-6H2,1H3,(H,15,17). The van der Waals surface area contributed by atoms with Crippen LogP contribution in [0, 0.1) is 11.8 Å². The van der Waals surface area contributed by atoms with Crippen molar-refractivity contribution in [3.63, 3.8) is 0 Å². The number of hydrogen-bond acceptors (Lipinski definition) is 4. The van der Waals surface area contributed by atoms with E-state index in [1.54, 1.807) is 11.7 Å².